The van der Waals surface area contributed by atoms with Crippen molar-refractivity contribution in [1.29, 1.82) is 0 Å². The summed E-state index contributed by atoms with van der Waals surface area (Å²) in [6.45, 7) is 5.52. The van der Waals surface area contributed by atoms with Gasteiger partial charge in [-0.2, -0.15) is 0 Å². The van der Waals surface area contributed by atoms with Crippen LogP contribution < -0.4 is 4.90 Å². The van der Waals surface area contributed by atoms with Crippen molar-refractivity contribution in [3.05, 3.63) is 111 Å². The number of nitrogens with zero attached hydrogens (tertiary/aromatic N) is 4. The molecule has 0 spiro atoms. The van der Waals surface area contributed by atoms with E-state index in [1.54, 1.807) is 11.3 Å². The van der Waals surface area contributed by atoms with E-state index in [-0.39, 0.29) is 17.7 Å². The van der Waals surface area contributed by atoms with Gasteiger partial charge in [-0.3, -0.25) is 9.69 Å². The maximum absolute atomic E-state index is 13.0. The predicted octanol–water partition coefficient (Wildman–Crippen LogP) is 5.67. The molecule has 3 heterocycles. The first-order valence-corrected chi connectivity index (χ1v) is 13.6. The van der Waals surface area contributed by atoms with E-state index in [9.17, 15) is 4.79 Å². The van der Waals surface area contributed by atoms with Crippen molar-refractivity contribution in [2.75, 3.05) is 31.1 Å². The molecule has 5 nitrogen and oxygen atoms in total. The van der Waals surface area contributed by atoms with Crippen LogP contribution >= 0.6 is 11.3 Å². The summed E-state index contributed by atoms with van der Waals surface area (Å²) >= 11 is 1.73. The highest BCUT2D eigenvalue weighted by atomic mass is 32.1. The van der Waals surface area contributed by atoms with Crippen LogP contribution in [0.1, 0.15) is 56.1 Å². The lowest BCUT2D eigenvalue weighted by atomic mass is 9.84. The second-order valence-electron chi connectivity index (χ2n) is 9.72. The molecule has 0 bridgehead atoms. The molecule has 6 rings (SSSR count). The van der Waals surface area contributed by atoms with Crippen LogP contribution in [0.4, 0.5) is 5.95 Å². The number of rotatable bonds is 5. The number of aromatic nitrogens is 2. The van der Waals surface area contributed by atoms with E-state index in [1.807, 2.05) is 6.92 Å². The van der Waals surface area contributed by atoms with Gasteiger partial charge in [0, 0.05) is 43.4 Å². The molecule has 0 unspecified atom stereocenters. The van der Waals surface area contributed by atoms with Crippen LogP contribution in [0, 0.1) is 6.92 Å². The van der Waals surface area contributed by atoms with Crippen molar-refractivity contribution < 1.29 is 4.79 Å². The van der Waals surface area contributed by atoms with Crippen LogP contribution in [0.2, 0.25) is 0 Å². The highest BCUT2D eigenvalue weighted by Crippen LogP contribution is 2.36. The molecule has 4 aromatic rings. The van der Waals surface area contributed by atoms with Crippen molar-refractivity contribution in [2.45, 2.75) is 31.7 Å². The number of hydrogen-bond donors (Lipinski definition) is 0. The van der Waals surface area contributed by atoms with Crippen LogP contribution in [-0.4, -0.2) is 46.8 Å². The second-order valence-corrected chi connectivity index (χ2v) is 10.7. The molecule has 36 heavy (non-hydrogen) atoms. The molecule has 1 aliphatic carbocycles. The Kier molecular flexibility index (Phi) is 6.38. The van der Waals surface area contributed by atoms with Crippen LogP contribution in [0.25, 0.3) is 0 Å². The molecule has 1 fully saturated rings. The lowest BCUT2D eigenvalue weighted by Gasteiger charge is -2.40. The van der Waals surface area contributed by atoms with Gasteiger partial charge in [0.2, 0.25) is 5.95 Å². The number of piperazine rings is 1. The van der Waals surface area contributed by atoms with Gasteiger partial charge in [0.15, 0.2) is 5.78 Å². The highest BCUT2D eigenvalue weighted by molar-refractivity contribution is 7.10. The third kappa shape index (κ3) is 4.47. The van der Waals surface area contributed by atoms with E-state index in [0.717, 1.165) is 55.5 Å². The fraction of sp³-hybridized carbons (Fsp3) is 0.300. The third-order valence-corrected chi connectivity index (χ3v) is 8.48. The molecule has 2 aliphatic rings. The Morgan fingerprint density at radius 3 is 2.11 bits per heavy atom. The van der Waals surface area contributed by atoms with E-state index < -0.39 is 0 Å². The van der Waals surface area contributed by atoms with E-state index in [4.69, 9.17) is 9.97 Å². The lowest BCUT2D eigenvalue weighted by molar-refractivity contribution is 0.0962. The molecule has 2 aromatic heterocycles. The maximum atomic E-state index is 13.0. The summed E-state index contributed by atoms with van der Waals surface area (Å²) in [4.78, 5) is 28.9. The number of ketones is 1. The normalized spacial score (nSPS) is 18.4. The summed E-state index contributed by atoms with van der Waals surface area (Å²) in [6, 6.07) is 26.0. The SMILES string of the molecule is Cc1nc(N2CCN(C(c3ccccc3)c3ccccc3)CC2)nc2c1C(=O)C[C@@H](c1cccs1)C2. The van der Waals surface area contributed by atoms with E-state index in [0.29, 0.717) is 6.42 Å². The largest absolute Gasteiger partial charge is 0.338 e. The molecule has 0 radical (unpaired) electrons. The van der Waals surface area contributed by atoms with E-state index in [1.165, 1.54) is 16.0 Å². The fourth-order valence-corrected chi connectivity index (χ4v) is 6.52. The first-order valence-electron chi connectivity index (χ1n) is 12.7. The maximum Gasteiger partial charge on any atom is 0.225 e. The molecule has 2 aromatic carbocycles. The molecular formula is C30H30N4OS. The van der Waals surface area contributed by atoms with Crippen molar-refractivity contribution in [1.82, 2.24) is 14.9 Å². The Labute approximate surface area is 216 Å². The Bertz CT molecular complexity index is 1290. The minimum absolute atomic E-state index is 0.178. The van der Waals surface area contributed by atoms with Gasteiger partial charge in [0.05, 0.1) is 23.0 Å². The van der Waals surface area contributed by atoms with Gasteiger partial charge in [-0.15, -0.1) is 11.3 Å². The molecule has 1 aliphatic heterocycles. The second kappa shape index (κ2) is 9.96. The van der Waals surface area contributed by atoms with Crippen molar-refractivity contribution in [3.63, 3.8) is 0 Å². The van der Waals surface area contributed by atoms with Gasteiger partial charge >= 0.3 is 0 Å². The molecular weight excluding hydrogens is 464 g/mol. The number of carbonyl (C=O) groups excluding carboxylic acids is 1. The summed E-state index contributed by atoms with van der Waals surface area (Å²) in [6.07, 6.45) is 1.36. The number of fused-ring (bicyclic) bond motifs is 1. The summed E-state index contributed by atoms with van der Waals surface area (Å²) in [5.41, 5.74) is 5.12. The van der Waals surface area contributed by atoms with Crippen LogP contribution in [-0.2, 0) is 6.42 Å². The van der Waals surface area contributed by atoms with E-state index in [2.05, 4.69) is 88.0 Å². The molecule has 0 saturated carbocycles. The number of thiophene rings is 1. The van der Waals surface area contributed by atoms with Crippen LogP contribution in [0.15, 0.2) is 78.2 Å². The Morgan fingerprint density at radius 2 is 1.50 bits per heavy atom. The Balaban J connectivity index is 1.23. The number of Topliss-reactive ketones (excluding diaryl/α,β-unsaturated/α-hetero) is 1. The van der Waals surface area contributed by atoms with Crippen molar-refractivity contribution in [2.24, 2.45) is 0 Å². The van der Waals surface area contributed by atoms with Gasteiger partial charge in [-0.1, -0.05) is 66.7 Å². The summed E-state index contributed by atoms with van der Waals surface area (Å²) in [5.74, 6) is 1.17. The van der Waals surface area contributed by atoms with Gasteiger partial charge in [-0.05, 0) is 35.9 Å². The lowest BCUT2D eigenvalue weighted by Crippen LogP contribution is -2.48. The topological polar surface area (TPSA) is 49.3 Å². The monoisotopic (exact) mass is 494 g/mol. The zero-order valence-electron chi connectivity index (χ0n) is 20.5. The average Bonchev–Trinajstić information content (AvgIpc) is 3.45. The van der Waals surface area contributed by atoms with Crippen molar-refractivity contribution >= 4 is 23.1 Å². The first-order chi connectivity index (χ1) is 17.7. The molecule has 182 valence electrons. The highest BCUT2D eigenvalue weighted by Gasteiger charge is 2.32. The summed E-state index contributed by atoms with van der Waals surface area (Å²) < 4.78 is 0. The van der Waals surface area contributed by atoms with Crippen LogP contribution in [0.3, 0.4) is 0 Å². The summed E-state index contributed by atoms with van der Waals surface area (Å²) in [7, 11) is 0. The van der Waals surface area contributed by atoms with Gasteiger partial charge in [0.25, 0.3) is 0 Å². The minimum Gasteiger partial charge on any atom is -0.338 e. The molecule has 1 saturated heterocycles. The van der Waals surface area contributed by atoms with Crippen molar-refractivity contribution in [3.8, 4) is 0 Å². The number of carbonyl (C=O) groups is 1. The number of benzene rings is 2. The van der Waals surface area contributed by atoms with Gasteiger partial charge < -0.3 is 4.90 Å². The molecule has 0 N–H and O–H groups in total. The number of hydrogen-bond acceptors (Lipinski definition) is 6. The van der Waals surface area contributed by atoms with Gasteiger partial charge in [-0.25, -0.2) is 9.97 Å². The molecule has 6 heteroatoms. The van der Waals surface area contributed by atoms with Gasteiger partial charge in [0.1, 0.15) is 0 Å². The Morgan fingerprint density at radius 1 is 0.833 bits per heavy atom. The molecule has 1 atom stereocenters. The first kappa shape index (κ1) is 23.1. The third-order valence-electron chi connectivity index (χ3n) is 7.44. The van der Waals surface area contributed by atoms with Crippen LogP contribution in [0.5, 0.6) is 0 Å². The Hall–Kier alpha value is -3.35. The average molecular weight is 495 g/mol. The quantitative estimate of drug-likeness (QED) is 0.358. The minimum atomic E-state index is 0.178. The zero-order chi connectivity index (χ0) is 24.5. The smallest absolute Gasteiger partial charge is 0.225 e. The fourth-order valence-electron chi connectivity index (χ4n) is 5.69. The van der Waals surface area contributed by atoms with E-state index >= 15 is 0 Å². The zero-order valence-corrected chi connectivity index (χ0v) is 21.3. The molecule has 0 amide bonds. The standard InChI is InChI=1S/C30H30N4OS/c1-21-28-25(19-24(20-26(28)35)27-13-8-18-36-27)32-30(31-21)34-16-14-33(15-17-34)29(22-9-4-2-5-10-22)23-11-6-3-7-12-23/h2-13,18,24,29H,14-17,19-20H2,1H3/t24-/m0/s1. The predicted molar refractivity (Wildman–Crippen MR) is 145 cm³/mol. The number of aryl methyl sites for hydroxylation is 1. The number of anilines is 1. The summed E-state index contributed by atoms with van der Waals surface area (Å²) in [5, 5.41) is 2.09.